The van der Waals surface area contributed by atoms with E-state index in [-0.39, 0.29) is 48.4 Å². The van der Waals surface area contributed by atoms with Gasteiger partial charge in [-0.1, -0.05) is 29.8 Å². The molecule has 9 heteroatoms. The largest absolute Gasteiger partial charge is 0.347 e. The van der Waals surface area contributed by atoms with E-state index in [0.717, 1.165) is 5.56 Å². The number of rotatable bonds is 4. The predicted molar refractivity (Wildman–Crippen MR) is 93.9 cm³/mol. The van der Waals surface area contributed by atoms with Gasteiger partial charge < -0.3 is 5.32 Å². The van der Waals surface area contributed by atoms with E-state index in [9.17, 15) is 18.0 Å². The van der Waals surface area contributed by atoms with Gasteiger partial charge in [-0.2, -0.15) is 5.10 Å². The van der Waals surface area contributed by atoms with Gasteiger partial charge in [-0.25, -0.2) is 13.4 Å². The third-order valence-electron chi connectivity index (χ3n) is 4.27. The Balaban J connectivity index is 1.68. The van der Waals surface area contributed by atoms with Gasteiger partial charge >= 0.3 is 0 Å². The molecule has 1 saturated heterocycles. The van der Waals surface area contributed by atoms with Gasteiger partial charge in [-0.05, 0) is 18.1 Å². The molecular weight excluding hydrogens is 366 g/mol. The number of carbonyl (C=O) groups excluding carboxylic acids is 2. The highest BCUT2D eigenvalue weighted by atomic mass is 35.5. The molecule has 0 unspecified atom stereocenters. The van der Waals surface area contributed by atoms with Crippen molar-refractivity contribution in [2.24, 2.45) is 5.10 Å². The van der Waals surface area contributed by atoms with Crippen LogP contribution < -0.4 is 5.32 Å². The molecule has 2 aliphatic rings. The van der Waals surface area contributed by atoms with Crippen LogP contribution in [0, 0.1) is 0 Å². The molecule has 3 rings (SSSR count). The van der Waals surface area contributed by atoms with E-state index in [2.05, 4.69) is 10.4 Å². The first-order valence-corrected chi connectivity index (χ1v) is 10.2. The Morgan fingerprint density at radius 1 is 1.32 bits per heavy atom. The summed E-state index contributed by atoms with van der Waals surface area (Å²) in [6.07, 6.45) is 0.740. The SMILES string of the molecule is O=C(NCc1ccccc1Cl)C1=NN([C@H]2CCS(=O)(=O)C2)C(=O)CC1. The molecule has 0 bridgehead atoms. The van der Waals surface area contributed by atoms with Gasteiger partial charge in [-0.15, -0.1) is 0 Å². The van der Waals surface area contributed by atoms with Crippen LogP contribution in [-0.4, -0.2) is 48.5 Å². The number of hydrogen-bond acceptors (Lipinski definition) is 5. The van der Waals surface area contributed by atoms with E-state index in [4.69, 9.17) is 11.6 Å². The minimum Gasteiger partial charge on any atom is -0.347 e. The van der Waals surface area contributed by atoms with Crippen molar-refractivity contribution in [1.82, 2.24) is 10.3 Å². The highest BCUT2D eigenvalue weighted by Gasteiger charge is 2.37. The molecule has 1 aromatic carbocycles. The van der Waals surface area contributed by atoms with Gasteiger partial charge in [0.25, 0.3) is 5.91 Å². The summed E-state index contributed by atoms with van der Waals surface area (Å²) in [6, 6.07) is 6.70. The van der Waals surface area contributed by atoms with E-state index in [0.29, 0.717) is 11.4 Å². The summed E-state index contributed by atoms with van der Waals surface area (Å²) in [7, 11) is -3.14. The molecule has 0 aliphatic carbocycles. The Kier molecular flexibility index (Phi) is 5.10. The second kappa shape index (κ2) is 7.13. The van der Waals surface area contributed by atoms with Crippen LogP contribution in [-0.2, 0) is 26.0 Å². The van der Waals surface area contributed by atoms with Crippen molar-refractivity contribution in [3.8, 4) is 0 Å². The average Bonchev–Trinajstić information content (AvgIpc) is 2.94. The molecule has 0 radical (unpaired) electrons. The molecule has 0 spiro atoms. The van der Waals surface area contributed by atoms with Crippen LogP contribution in [0.15, 0.2) is 29.4 Å². The second-order valence-corrected chi connectivity index (χ2v) is 8.75. The van der Waals surface area contributed by atoms with Gasteiger partial charge in [0.05, 0.1) is 17.5 Å². The van der Waals surface area contributed by atoms with Crippen molar-refractivity contribution in [3.05, 3.63) is 34.9 Å². The summed E-state index contributed by atoms with van der Waals surface area (Å²) in [5, 5.41) is 8.61. The molecule has 1 fully saturated rings. The van der Waals surface area contributed by atoms with E-state index in [1.54, 1.807) is 12.1 Å². The zero-order valence-electron chi connectivity index (χ0n) is 13.4. The van der Waals surface area contributed by atoms with Gasteiger partial charge in [0.1, 0.15) is 5.71 Å². The zero-order valence-corrected chi connectivity index (χ0v) is 15.0. The summed E-state index contributed by atoms with van der Waals surface area (Å²) in [4.78, 5) is 24.4. The fourth-order valence-electron chi connectivity index (χ4n) is 2.91. The normalized spacial score (nSPS) is 22.6. The highest BCUT2D eigenvalue weighted by molar-refractivity contribution is 7.91. The Morgan fingerprint density at radius 3 is 2.76 bits per heavy atom. The maximum Gasteiger partial charge on any atom is 0.267 e. The molecule has 2 amide bonds. The van der Waals surface area contributed by atoms with Crippen LogP contribution in [0.5, 0.6) is 0 Å². The van der Waals surface area contributed by atoms with Crippen molar-refractivity contribution < 1.29 is 18.0 Å². The molecule has 1 N–H and O–H groups in total. The molecular formula is C16H18ClN3O4S. The average molecular weight is 384 g/mol. The summed E-state index contributed by atoms with van der Waals surface area (Å²) in [5.74, 6) is -0.676. The molecule has 7 nitrogen and oxygen atoms in total. The first-order chi connectivity index (χ1) is 11.9. The molecule has 25 heavy (non-hydrogen) atoms. The maximum absolute atomic E-state index is 12.3. The minimum atomic E-state index is -3.14. The first kappa shape index (κ1) is 17.9. The smallest absolute Gasteiger partial charge is 0.267 e. The van der Waals surface area contributed by atoms with Crippen molar-refractivity contribution in [1.29, 1.82) is 0 Å². The van der Waals surface area contributed by atoms with E-state index >= 15 is 0 Å². The number of nitrogens with one attached hydrogen (secondary N) is 1. The Labute approximate surface area is 150 Å². The van der Waals surface area contributed by atoms with Crippen LogP contribution >= 0.6 is 11.6 Å². The summed E-state index contributed by atoms with van der Waals surface area (Å²) in [6.45, 7) is 0.253. The van der Waals surface area contributed by atoms with Crippen LogP contribution in [0.25, 0.3) is 0 Å². The minimum absolute atomic E-state index is 0.0466. The molecule has 0 aromatic heterocycles. The Bertz CT molecular complexity index is 838. The van der Waals surface area contributed by atoms with Crippen LogP contribution in [0.1, 0.15) is 24.8 Å². The number of benzene rings is 1. The summed E-state index contributed by atoms with van der Waals surface area (Å²) < 4.78 is 23.2. The van der Waals surface area contributed by atoms with Gasteiger partial charge in [0, 0.05) is 24.4 Å². The molecule has 0 saturated carbocycles. The van der Waals surface area contributed by atoms with Crippen LogP contribution in [0.4, 0.5) is 0 Å². The highest BCUT2D eigenvalue weighted by Crippen LogP contribution is 2.22. The van der Waals surface area contributed by atoms with Crippen molar-refractivity contribution in [3.63, 3.8) is 0 Å². The number of halogens is 1. The van der Waals surface area contributed by atoms with E-state index < -0.39 is 15.9 Å². The Morgan fingerprint density at radius 2 is 2.08 bits per heavy atom. The first-order valence-electron chi connectivity index (χ1n) is 7.97. The molecule has 2 heterocycles. The number of hydrazone groups is 1. The molecule has 1 aromatic rings. The standard InChI is InChI=1S/C16H18ClN3O4S/c17-13-4-2-1-3-11(13)9-18-16(22)14-5-6-15(21)20(19-14)12-7-8-25(23,24)10-12/h1-4,12H,5-10H2,(H,18,22)/t12-/m0/s1. The topological polar surface area (TPSA) is 95.9 Å². The summed E-state index contributed by atoms with van der Waals surface area (Å²) >= 11 is 6.06. The summed E-state index contributed by atoms with van der Waals surface area (Å²) in [5.41, 5.74) is 1.01. The predicted octanol–water partition coefficient (Wildman–Crippen LogP) is 1.12. The lowest BCUT2D eigenvalue weighted by atomic mass is 10.1. The fraction of sp³-hybridized carbons (Fsp3) is 0.438. The van der Waals surface area contributed by atoms with E-state index in [1.807, 2.05) is 12.1 Å². The lowest BCUT2D eigenvalue weighted by Gasteiger charge is -2.27. The van der Waals surface area contributed by atoms with Crippen molar-refractivity contribution >= 4 is 39.0 Å². The third-order valence-corrected chi connectivity index (χ3v) is 6.39. The van der Waals surface area contributed by atoms with Gasteiger partial charge in [-0.3, -0.25) is 9.59 Å². The molecule has 1 atom stereocenters. The fourth-order valence-corrected chi connectivity index (χ4v) is 4.80. The number of amides is 2. The molecule has 134 valence electrons. The zero-order chi connectivity index (χ0) is 18.0. The molecule has 2 aliphatic heterocycles. The number of sulfone groups is 1. The third kappa shape index (κ3) is 4.19. The lowest BCUT2D eigenvalue weighted by Crippen LogP contribution is -2.43. The van der Waals surface area contributed by atoms with Gasteiger partial charge in [0.2, 0.25) is 5.91 Å². The van der Waals surface area contributed by atoms with Crippen molar-refractivity contribution in [2.45, 2.75) is 31.8 Å². The second-order valence-electron chi connectivity index (χ2n) is 6.12. The van der Waals surface area contributed by atoms with E-state index in [1.165, 1.54) is 5.01 Å². The monoisotopic (exact) mass is 383 g/mol. The van der Waals surface area contributed by atoms with Crippen LogP contribution in [0.3, 0.4) is 0 Å². The number of nitrogens with zero attached hydrogens (tertiary/aromatic N) is 2. The van der Waals surface area contributed by atoms with Crippen LogP contribution in [0.2, 0.25) is 5.02 Å². The van der Waals surface area contributed by atoms with Gasteiger partial charge in [0.15, 0.2) is 9.84 Å². The van der Waals surface area contributed by atoms with Crippen molar-refractivity contribution in [2.75, 3.05) is 11.5 Å². The lowest BCUT2D eigenvalue weighted by molar-refractivity contribution is -0.133. The quantitative estimate of drug-likeness (QED) is 0.842. The maximum atomic E-state index is 12.3. The number of carbonyl (C=O) groups is 2. The number of hydrogen-bond donors (Lipinski definition) is 1. The Hall–Kier alpha value is -1.93.